The van der Waals surface area contributed by atoms with Crippen LogP contribution < -0.4 is 5.69 Å². The van der Waals surface area contributed by atoms with Crippen molar-refractivity contribution in [2.75, 3.05) is 0 Å². The first-order chi connectivity index (χ1) is 15.1. The molecule has 16 heteroatoms. The van der Waals surface area contributed by atoms with Gasteiger partial charge in [0.05, 0.1) is 49.8 Å². The first-order valence-electron chi connectivity index (χ1n) is 8.10. The van der Waals surface area contributed by atoms with E-state index in [2.05, 4.69) is 10.4 Å². The van der Waals surface area contributed by atoms with E-state index >= 15 is 0 Å². The van der Waals surface area contributed by atoms with Gasteiger partial charge in [0.1, 0.15) is 0 Å². The summed E-state index contributed by atoms with van der Waals surface area (Å²) in [4.78, 5) is 40.7. The molecule has 3 aromatic rings. The molecule has 16 nitrogen and oxygen atoms in total. The maximum Gasteiger partial charge on any atom is 0.368 e. The standard InChI is InChI=1S/C9H6N6O3.C7H3N3O4/c1-13-9(16)14(12-11-13)7-2-6(5-10)3-8(4-7)15(17)18;8-4-5-1-6(9(11)12)3-7(2-5)10(13)14/h2-4H,1H3;1-3H. The zero-order valence-corrected chi connectivity index (χ0v) is 15.8. The molecule has 0 aliphatic heterocycles. The summed E-state index contributed by atoms with van der Waals surface area (Å²) in [6, 6.07) is 9.75. The van der Waals surface area contributed by atoms with E-state index in [-0.39, 0.29) is 22.5 Å². The molecule has 0 fully saturated rings. The van der Waals surface area contributed by atoms with E-state index in [1.807, 2.05) is 0 Å². The minimum atomic E-state index is -0.784. The molecule has 0 N–H and O–H groups in total. The topological polar surface area (TPSA) is 230 Å². The van der Waals surface area contributed by atoms with Crippen LogP contribution in [-0.4, -0.2) is 34.6 Å². The molecule has 3 rings (SSSR count). The molecule has 2 aromatic carbocycles. The van der Waals surface area contributed by atoms with Gasteiger partial charge < -0.3 is 0 Å². The van der Waals surface area contributed by atoms with Gasteiger partial charge in [0.25, 0.3) is 17.1 Å². The number of nitro benzene ring substituents is 3. The number of aromatic nitrogens is 4. The zero-order valence-electron chi connectivity index (χ0n) is 15.8. The number of aryl methyl sites for hydroxylation is 1. The van der Waals surface area contributed by atoms with Gasteiger partial charge in [0.2, 0.25) is 0 Å². The van der Waals surface area contributed by atoms with Crippen molar-refractivity contribution in [3.05, 3.63) is 88.4 Å². The molecule has 0 unspecified atom stereocenters. The summed E-state index contributed by atoms with van der Waals surface area (Å²) in [5, 5.41) is 55.6. The van der Waals surface area contributed by atoms with Crippen molar-refractivity contribution in [2.45, 2.75) is 0 Å². The molecule has 0 radical (unpaired) electrons. The van der Waals surface area contributed by atoms with Crippen LogP contribution in [0.15, 0.2) is 41.2 Å². The van der Waals surface area contributed by atoms with E-state index in [9.17, 15) is 35.1 Å². The van der Waals surface area contributed by atoms with Gasteiger partial charge in [-0.3, -0.25) is 30.3 Å². The highest BCUT2D eigenvalue weighted by molar-refractivity contribution is 5.51. The van der Waals surface area contributed by atoms with Crippen LogP contribution in [-0.2, 0) is 7.05 Å². The maximum atomic E-state index is 11.6. The van der Waals surface area contributed by atoms with E-state index in [0.29, 0.717) is 0 Å². The summed E-state index contributed by atoms with van der Waals surface area (Å²) in [6.07, 6.45) is 0. The highest BCUT2D eigenvalue weighted by atomic mass is 16.6. The SMILES string of the molecule is Cn1nnn(-c2cc(C#N)cc([N+](=O)[O-])c2)c1=O.N#Cc1cc([N+](=O)[O-])cc([N+](=O)[O-])c1. The Morgan fingerprint density at radius 3 is 1.59 bits per heavy atom. The molecule has 160 valence electrons. The van der Waals surface area contributed by atoms with Gasteiger partial charge in [0, 0.05) is 31.3 Å². The summed E-state index contributed by atoms with van der Waals surface area (Å²) in [6.45, 7) is 0. The lowest BCUT2D eigenvalue weighted by molar-refractivity contribution is -0.394. The third kappa shape index (κ3) is 5.10. The summed E-state index contributed by atoms with van der Waals surface area (Å²) >= 11 is 0. The van der Waals surface area contributed by atoms with Gasteiger partial charge in [-0.25, -0.2) is 4.79 Å². The van der Waals surface area contributed by atoms with Crippen molar-refractivity contribution in [3.8, 4) is 17.8 Å². The number of hydrogen-bond donors (Lipinski definition) is 0. The Hall–Kier alpha value is -5.51. The van der Waals surface area contributed by atoms with Crippen LogP contribution in [0.25, 0.3) is 5.69 Å². The molecular formula is C16H9N9O7. The Morgan fingerprint density at radius 1 is 0.781 bits per heavy atom. The minimum absolute atomic E-state index is 0.0664. The Kier molecular flexibility index (Phi) is 6.64. The molecule has 32 heavy (non-hydrogen) atoms. The van der Waals surface area contributed by atoms with Gasteiger partial charge in [-0.15, -0.1) is 0 Å². The number of benzene rings is 2. The summed E-state index contributed by atoms with van der Waals surface area (Å²) < 4.78 is 1.86. The van der Waals surface area contributed by atoms with Gasteiger partial charge in [-0.05, 0) is 16.5 Å². The van der Waals surface area contributed by atoms with Crippen LogP contribution in [0.2, 0.25) is 0 Å². The van der Waals surface area contributed by atoms with E-state index < -0.39 is 31.8 Å². The van der Waals surface area contributed by atoms with Crippen LogP contribution in [0.3, 0.4) is 0 Å². The fraction of sp³-hybridized carbons (Fsp3) is 0.0625. The molecule has 0 aliphatic carbocycles. The maximum absolute atomic E-state index is 11.6. The van der Waals surface area contributed by atoms with E-state index in [1.165, 1.54) is 13.1 Å². The number of tetrazole rings is 1. The second kappa shape index (κ2) is 9.33. The second-order valence-corrected chi connectivity index (χ2v) is 5.77. The smallest absolute Gasteiger partial charge is 0.258 e. The number of nitrogens with zero attached hydrogens (tertiary/aromatic N) is 9. The lowest BCUT2D eigenvalue weighted by atomic mass is 10.2. The monoisotopic (exact) mass is 439 g/mol. The molecule has 0 amide bonds. The predicted octanol–water partition coefficient (Wildman–Crippen LogP) is 1.12. The fourth-order valence-electron chi connectivity index (χ4n) is 2.23. The molecule has 1 heterocycles. The summed E-state index contributed by atoms with van der Waals surface area (Å²) in [5.74, 6) is 0. The number of nitro groups is 3. The molecule has 0 spiro atoms. The van der Waals surface area contributed by atoms with Crippen molar-refractivity contribution in [2.24, 2.45) is 7.05 Å². The zero-order chi connectivity index (χ0) is 24.0. The molecule has 0 saturated heterocycles. The van der Waals surface area contributed by atoms with E-state index in [0.717, 1.165) is 39.7 Å². The summed E-state index contributed by atoms with van der Waals surface area (Å²) in [5.41, 5.74) is -1.69. The lowest BCUT2D eigenvalue weighted by Crippen LogP contribution is -2.22. The number of hydrogen-bond acceptors (Lipinski definition) is 11. The highest BCUT2D eigenvalue weighted by Crippen LogP contribution is 2.22. The molecular weight excluding hydrogens is 430 g/mol. The van der Waals surface area contributed by atoms with Crippen LogP contribution in [0, 0.1) is 53.0 Å². The van der Waals surface area contributed by atoms with Crippen molar-refractivity contribution in [1.29, 1.82) is 10.5 Å². The molecule has 0 saturated carbocycles. The third-order valence-electron chi connectivity index (χ3n) is 3.66. The molecule has 0 bridgehead atoms. The van der Waals surface area contributed by atoms with Gasteiger partial charge in [0.15, 0.2) is 0 Å². The van der Waals surface area contributed by atoms with Gasteiger partial charge in [-0.1, -0.05) is 0 Å². The largest absolute Gasteiger partial charge is 0.368 e. The normalized spacial score (nSPS) is 9.59. The van der Waals surface area contributed by atoms with Crippen LogP contribution >= 0.6 is 0 Å². The average molecular weight is 439 g/mol. The predicted molar refractivity (Wildman–Crippen MR) is 102 cm³/mol. The van der Waals surface area contributed by atoms with Gasteiger partial charge in [-0.2, -0.15) is 19.9 Å². The van der Waals surface area contributed by atoms with E-state index in [1.54, 1.807) is 12.1 Å². The van der Waals surface area contributed by atoms with E-state index in [4.69, 9.17) is 10.5 Å². The number of nitriles is 2. The van der Waals surface area contributed by atoms with Crippen molar-refractivity contribution < 1.29 is 14.8 Å². The van der Waals surface area contributed by atoms with Crippen molar-refractivity contribution in [1.82, 2.24) is 19.8 Å². The second-order valence-electron chi connectivity index (χ2n) is 5.77. The van der Waals surface area contributed by atoms with Crippen LogP contribution in [0.4, 0.5) is 17.1 Å². The fourth-order valence-corrected chi connectivity index (χ4v) is 2.23. The first kappa shape index (κ1) is 22.8. The van der Waals surface area contributed by atoms with Crippen molar-refractivity contribution in [3.63, 3.8) is 0 Å². The van der Waals surface area contributed by atoms with Crippen LogP contribution in [0.1, 0.15) is 11.1 Å². The van der Waals surface area contributed by atoms with Gasteiger partial charge >= 0.3 is 5.69 Å². The molecule has 0 aliphatic rings. The molecule has 1 aromatic heterocycles. The minimum Gasteiger partial charge on any atom is -0.258 e. The first-order valence-corrected chi connectivity index (χ1v) is 8.10. The average Bonchev–Trinajstić information content (AvgIpc) is 3.11. The Morgan fingerprint density at radius 2 is 1.22 bits per heavy atom. The lowest BCUT2D eigenvalue weighted by Gasteiger charge is -1.99. The van der Waals surface area contributed by atoms with Crippen molar-refractivity contribution >= 4 is 17.1 Å². The number of non-ortho nitro benzene ring substituents is 3. The quantitative estimate of drug-likeness (QED) is 0.412. The summed E-state index contributed by atoms with van der Waals surface area (Å²) in [7, 11) is 1.40. The Labute approximate surface area is 176 Å². The Bertz CT molecular complexity index is 1350. The third-order valence-corrected chi connectivity index (χ3v) is 3.66. The van der Waals surface area contributed by atoms with Crippen LogP contribution in [0.5, 0.6) is 0 Å². The highest BCUT2D eigenvalue weighted by Gasteiger charge is 2.16. The number of rotatable bonds is 4. The molecule has 0 atom stereocenters. The Balaban J connectivity index is 0.000000235.